The molecule has 1 aromatic rings. The van der Waals surface area contributed by atoms with Gasteiger partial charge in [0.15, 0.2) is 11.5 Å². The lowest BCUT2D eigenvalue weighted by molar-refractivity contribution is -0.125. The molecular formula is C17H25NO3. The first-order valence-electron chi connectivity index (χ1n) is 7.71. The van der Waals surface area contributed by atoms with Crippen LogP contribution in [-0.2, 0) is 4.79 Å². The van der Waals surface area contributed by atoms with Crippen molar-refractivity contribution in [2.24, 2.45) is 5.92 Å². The van der Waals surface area contributed by atoms with Gasteiger partial charge in [-0.3, -0.25) is 4.79 Å². The number of rotatable bonds is 6. The van der Waals surface area contributed by atoms with E-state index in [0.29, 0.717) is 11.5 Å². The molecule has 1 fully saturated rings. The van der Waals surface area contributed by atoms with Crippen LogP contribution in [0, 0.1) is 5.92 Å². The Kier molecular flexibility index (Phi) is 5.48. The quantitative estimate of drug-likeness (QED) is 0.873. The first kappa shape index (κ1) is 15.7. The molecule has 0 unspecified atom stereocenters. The van der Waals surface area contributed by atoms with E-state index in [1.165, 1.54) is 12.8 Å². The standard InChI is InChI=1S/C17H25NO3/c1-4-14(18-17(19)12-7-5-6-8-12)13-9-10-15(20-2)16(11-13)21-3/h9-12,14H,4-8H2,1-3H3,(H,18,19)/t14-/m0/s1. The molecule has 0 radical (unpaired) electrons. The Morgan fingerprint density at radius 1 is 1.24 bits per heavy atom. The zero-order valence-corrected chi connectivity index (χ0v) is 13.1. The second-order valence-corrected chi connectivity index (χ2v) is 5.57. The summed E-state index contributed by atoms with van der Waals surface area (Å²) in [6, 6.07) is 5.85. The van der Waals surface area contributed by atoms with E-state index < -0.39 is 0 Å². The molecule has 1 atom stereocenters. The van der Waals surface area contributed by atoms with Gasteiger partial charge in [-0.25, -0.2) is 0 Å². The van der Waals surface area contributed by atoms with Crippen molar-refractivity contribution in [3.05, 3.63) is 23.8 Å². The number of hydrogen-bond donors (Lipinski definition) is 1. The van der Waals surface area contributed by atoms with E-state index in [4.69, 9.17) is 9.47 Å². The fourth-order valence-electron chi connectivity index (χ4n) is 2.97. The number of ether oxygens (including phenoxy) is 2. The van der Waals surface area contributed by atoms with Gasteiger partial charge in [-0.15, -0.1) is 0 Å². The van der Waals surface area contributed by atoms with Crippen molar-refractivity contribution in [2.45, 2.75) is 45.1 Å². The van der Waals surface area contributed by atoms with Crippen molar-refractivity contribution in [3.63, 3.8) is 0 Å². The molecule has 4 heteroatoms. The average Bonchev–Trinajstić information content (AvgIpc) is 3.06. The Balaban J connectivity index is 2.11. The number of amides is 1. The summed E-state index contributed by atoms with van der Waals surface area (Å²) in [5.41, 5.74) is 1.06. The molecule has 0 spiro atoms. The minimum atomic E-state index is 0.0258. The molecule has 1 amide bonds. The third kappa shape index (κ3) is 3.69. The summed E-state index contributed by atoms with van der Waals surface area (Å²) in [5, 5.41) is 3.18. The number of methoxy groups -OCH3 is 2. The van der Waals surface area contributed by atoms with Gasteiger partial charge in [0.05, 0.1) is 20.3 Å². The molecule has 1 aromatic carbocycles. The molecule has 0 bridgehead atoms. The molecule has 0 saturated heterocycles. The van der Waals surface area contributed by atoms with Gasteiger partial charge in [0.2, 0.25) is 5.91 Å². The lowest BCUT2D eigenvalue weighted by atomic mass is 10.0. The predicted molar refractivity (Wildman–Crippen MR) is 82.7 cm³/mol. The topological polar surface area (TPSA) is 47.6 Å². The van der Waals surface area contributed by atoms with E-state index in [1.54, 1.807) is 14.2 Å². The summed E-state index contributed by atoms with van der Waals surface area (Å²) in [4.78, 5) is 12.3. The summed E-state index contributed by atoms with van der Waals surface area (Å²) in [5.74, 6) is 1.79. The van der Waals surface area contributed by atoms with Crippen LogP contribution < -0.4 is 14.8 Å². The number of benzene rings is 1. The van der Waals surface area contributed by atoms with Gasteiger partial charge in [0, 0.05) is 5.92 Å². The van der Waals surface area contributed by atoms with Crippen LogP contribution in [0.25, 0.3) is 0 Å². The van der Waals surface area contributed by atoms with Gasteiger partial charge in [0.1, 0.15) is 0 Å². The van der Waals surface area contributed by atoms with Gasteiger partial charge in [-0.1, -0.05) is 25.8 Å². The summed E-state index contributed by atoms with van der Waals surface area (Å²) in [7, 11) is 3.25. The highest BCUT2D eigenvalue weighted by atomic mass is 16.5. The van der Waals surface area contributed by atoms with Crippen molar-refractivity contribution in [1.29, 1.82) is 0 Å². The predicted octanol–water partition coefficient (Wildman–Crippen LogP) is 3.46. The number of carbonyl (C=O) groups is 1. The highest BCUT2D eigenvalue weighted by Gasteiger charge is 2.25. The number of carbonyl (C=O) groups excluding carboxylic acids is 1. The Labute approximate surface area is 126 Å². The molecule has 1 N–H and O–H groups in total. The van der Waals surface area contributed by atoms with Crippen LogP contribution in [0.3, 0.4) is 0 Å². The molecular weight excluding hydrogens is 266 g/mol. The zero-order chi connectivity index (χ0) is 15.2. The van der Waals surface area contributed by atoms with Crippen LogP contribution in [0.5, 0.6) is 11.5 Å². The van der Waals surface area contributed by atoms with Crippen molar-refractivity contribution in [2.75, 3.05) is 14.2 Å². The van der Waals surface area contributed by atoms with Gasteiger partial charge >= 0.3 is 0 Å². The summed E-state index contributed by atoms with van der Waals surface area (Å²) >= 11 is 0. The van der Waals surface area contributed by atoms with E-state index >= 15 is 0 Å². The lowest BCUT2D eigenvalue weighted by Crippen LogP contribution is -2.32. The van der Waals surface area contributed by atoms with Crippen molar-refractivity contribution in [3.8, 4) is 11.5 Å². The van der Waals surface area contributed by atoms with Gasteiger partial charge in [0.25, 0.3) is 0 Å². The first-order chi connectivity index (χ1) is 10.2. The van der Waals surface area contributed by atoms with Crippen molar-refractivity contribution >= 4 is 5.91 Å². The van der Waals surface area contributed by atoms with E-state index in [1.807, 2.05) is 18.2 Å². The molecule has 2 rings (SSSR count). The van der Waals surface area contributed by atoms with E-state index in [0.717, 1.165) is 24.8 Å². The van der Waals surface area contributed by atoms with Gasteiger partial charge in [-0.2, -0.15) is 0 Å². The number of hydrogen-bond acceptors (Lipinski definition) is 3. The van der Waals surface area contributed by atoms with E-state index in [-0.39, 0.29) is 17.9 Å². The third-order valence-corrected chi connectivity index (χ3v) is 4.26. The van der Waals surface area contributed by atoms with Crippen LogP contribution in [0.15, 0.2) is 18.2 Å². The molecule has 0 heterocycles. The Bertz CT molecular complexity index is 481. The monoisotopic (exact) mass is 291 g/mol. The molecule has 21 heavy (non-hydrogen) atoms. The normalized spacial score (nSPS) is 16.5. The van der Waals surface area contributed by atoms with E-state index in [2.05, 4.69) is 12.2 Å². The molecule has 0 aromatic heterocycles. The Morgan fingerprint density at radius 2 is 1.90 bits per heavy atom. The van der Waals surface area contributed by atoms with Crippen molar-refractivity contribution < 1.29 is 14.3 Å². The van der Waals surface area contributed by atoms with Crippen LogP contribution in [0.4, 0.5) is 0 Å². The smallest absolute Gasteiger partial charge is 0.223 e. The van der Waals surface area contributed by atoms with Crippen LogP contribution in [0.2, 0.25) is 0 Å². The maximum absolute atomic E-state index is 12.3. The molecule has 1 aliphatic rings. The minimum Gasteiger partial charge on any atom is -0.493 e. The molecule has 1 aliphatic carbocycles. The third-order valence-electron chi connectivity index (χ3n) is 4.26. The fourth-order valence-corrected chi connectivity index (χ4v) is 2.97. The second-order valence-electron chi connectivity index (χ2n) is 5.57. The minimum absolute atomic E-state index is 0.0258. The largest absolute Gasteiger partial charge is 0.493 e. The average molecular weight is 291 g/mol. The van der Waals surface area contributed by atoms with Gasteiger partial charge < -0.3 is 14.8 Å². The maximum Gasteiger partial charge on any atom is 0.223 e. The molecule has 0 aliphatic heterocycles. The van der Waals surface area contributed by atoms with Crippen LogP contribution >= 0.6 is 0 Å². The van der Waals surface area contributed by atoms with Crippen molar-refractivity contribution in [1.82, 2.24) is 5.32 Å². The molecule has 4 nitrogen and oxygen atoms in total. The Hall–Kier alpha value is -1.71. The van der Waals surface area contributed by atoms with Crippen LogP contribution in [-0.4, -0.2) is 20.1 Å². The highest BCUT2D eigenvalue weighted by molar-refractivity contribution is 5.79. The summed E-state index contributed by atoms with van der Waals surface area (Å²) in [6.07, 6.45) is 5.24. The molecule has 116 valence electrons. The second kappa shape index (κ2) is 7.34. The summed E-state index contributed by atoms with van der Waals surface area (Å²) in [6.45, 7) is 2.08. The summed E-state index contributed by atoms with van der Waals surface area (Å²) < 4.78 is 10.6. The molecule has 1 saturated carbocycles. The Morgan fingerprint density at radius 3 is 2.48 bits per heavy atom. The first-order valence-corrected chi connectivity index (χ1v) is 7.71. The SMILES string of the molecule is CC[C@H](NC(=O)C1CCCC1)c1ccc(OC)c(OC)c1. The van der Waals surface area contributed by atoms with Crippen LogP contribution in [0.1, 0.15) is 50.6 Å². The number of nitrogens with one attached hydrogen (secondary N) is 1. The highest BCUT2D eigenvalue weighted by Crippen LogP contribution is 2.31. The zero-order valence-electron chi connectivity index (χ0n) is 13.1. The maximum atomic E-state index is 12.3. The van der Waals surface area contributed by atoms with Gasteiger partial charge in [-0.05, 0) is 37.0 Å². The van der Waals surface area contributed by atoms with E-state index in [9.17, 15) is 4.79 Å². The lowest BCUT2D eigenvalue weighted by Gasteiger charge is -2.21. The fraction of sp³-hybridized carbons (Fsp3) is 0.588.